The molecule has 12 heteroatoms. The first-order valence-electron chi connectivity index (χ1n) is 18.3. The molecule has 5 aliphatic rings. The van der Waals surface area contributed by atoms with Crippen LogP contribution in [0.2, 0.25) is 0 Å². The molecule has 0 radical (unpaired) electrons. The predicted octanol–water partition coefficient (Wildman–Crippen LogP) is 3.59. The molecule has 12 nitrogen and oxygen atoms in total. The van der Waals surface area contributed by atoms with Gasteiger partial charge in [0, 0.05) is 63.1 Å². The van der Waals surface area contributed by atoms with Crippen molar-refractivity contribution in [3.63, 3.8) is 0 Å². The van der Waals surface area contributed by atoms with Crippen molar-refractivity contribution >= 4 is 17.4 Å². The maximum Gasteiger partial charge on any atom is 0.237 e. The lowest BCUT2D eigenvalue weighted by Gasteiger charge is -2.38. The molecular weight excluding hydrogens is 630 g/mol. The molecular formula is C38H49N9O3. The van der Waals surface area contributed by atoms with Crippen LogP contribution < -0.4 is 15.6 Å². The zero-order chi connectivity index (χ0) is 34.4. The quantitative estimate of drug-likeness (QED) is 0.368. The van der Waals surface area contributed by atoms with Crippen LogP contribution in [0.1, 0.15) is 69.5 Å². The summed E-state index contributed by atoms with van der Waals surface area (Å²) in [5.41, 5.74) is 11.3. The molecule has 1 aromatic carbocycles. The lowest BCUT2D eigenvalue weighted by atomic mass is 9.77. The Morgan fingerprint density at radius 2 is 1.84 bits per heavy atom. The van der Waals surface area contributed by atoms with E-state index in [9.17, 15) is 9.59 Å². The first-order chi connectivity index (χ1) is 24.2. The van der Waals surface area contributed by atoms with Crippen molar-refractivity contribution in [2.24, 2.45) is 18.4 Å². The number of likely N-dealkylation sites (tertiary alicyclic amines) is 2. The number of hydrogen-bond donors (Lipinski definition) is 2. The molecule has 264 valence electrons. The van der Waals surface area contributed by atoms with Crippen LogP contribution in [0, 0.1) is 11.3 Å². The fourth-order valence-corrected chi connectivity index (χ4v) is 8.96. The standard InChI is InChI=1S/C38H49N9O3/c1-25(2)50-33-11-8-29(21-39-33)35-31-20-30(9-10-32(31)41-42-35)47-19-15-38(37(47)49)14-18-45(23-38)22-34(48)46-16-12-27(13-17-46)26-4-6-28(7-5-26)36-40-24-44(3)43-36/h4-8,11-12,21,24-25,30-32,35,41-42H,9-10,13-20,22-23H2,1-3H3. The number of hydrazine groups is 1. The Hall–Kier alpha value is -4.13. The number of nitrogens with zero attached hydrogens (tertiary/aromatic N) is 7. The van der Waals surface area contributed by atoms with Crippen molar-refractivity contribution in [3.8, 4) is 17.3 Å². The van der Waals surface area contributed by atoms with Gasteiger partial charge in [0.05, 0.1) is 24.1 Å². The number of rotatable bonds is 8. The fraction of sp³-hybridized carbons (Fsp3) is 0.553. The molecule has 1 spiro atoms. The Morgan fingerprint density at radius 1 is 1.02 bits per heavy atom. The number of benzene rings is 1. The van der Waals surface area contributed by atoms with Gasteiger partial charge >= 0.3 is 0 Å². The van der Waals surface area contributed by atoms with Crippen LogP contribution in [0.3, 0.4) is 0 Å². The van der Waals surface area contributed by atoms with Gasteiger partial charge in [-0.15, -0.1) is 0 Å². The summed E-state index contributed by atoms with van der Waals surface area (Å²) in [6.07, 6.45) is 11.5. The monoisotopic (exact) mass is 679 g/mol. The Bertz CT molecular complexity index is 1740. The Morgan fingerprint density at radius 3 is 2.56 bits per heavy atom. The minimum Gasteiger partial charge on any atom is -0.475 e. The largest absolute Gasteiger partial charge is 0.475 e. The van der Waals surface area contributed by atoms with Gasteiger partial charge in [0.1, 0.15) is 6.33 Å². The maximum absolute atomic E-state index is 14.1. The molecule has 5 unspecified atom stereocenters. The second-order valence-corrected chi connectivity index (χ2v) is 15.2. The molecule has 6 heterocycles. The van der Waals surface area contributed by atoms with Crippen molar-refractivity contribution in [2.75, 3.05) is 39.3 Å². The minimum atomic E-state index is -0.356. The number of aryl methyl sites for hydroxylation is 1. The third-order valence-electron chi connectivity index (χ3n) is 11.7. The van der Waals surface area contributed by atoms with E-state index in [1.54, 1.807) is 11.0 Å². The Labute approximate surface area is 294 Å². The number of fused-ring (bicyclic) bond motifs is 1. The molecule has 0 bridgehead atoms. The first-order valence-corrected chi connectivity index (χ1v) is 18.3. The number of amides is 2. The van der Waals surface area contributed by atoms with Gasteiger partial charge in [0.2, 0.25) is 17.7 Å². The van der Waals surface area contributed by atoms with Crippen molar-refractivity contribution in [1.29, 1.82) is 0 Å². The smallest absolute Gasteiger partial charge is 0.237 e. The van der Waals surface area contributed by atoms with E-state index < -0.39 is 0 Å². The van der Waals surface area contributed by atoms with Crippen molar-refractivity contribution in [2.45, 2.75) is 76.6 Å². The molecule has 3 saturated heterocycles. The van der Waals surface area contributed by atoms with Gasteiger partial charge in [0.15, 0.2) is 5.82 Å². The average Bonchev–Trinajstić information content (AvgIpc) is 3.92. The third kappa shape index (κ3) is 6.44. The fourth-order valence-electron chi connectivity index (χ4n) is 8.96. The van der Waals surface area contributed by atoms with Crippen LogP contribution in [-0.2, 0) is 16.6 Å². The molecule has 4 aliphatic heterocycles. The number of carbonyl (C=O) groups excluding carboxylic acids is 2. The van der Waals surface area contributed by atoms with Crippen LogP contribution >= 0.6 is 0 Å². The maximum atomic E-state index is 14.1. The van der Waals surface area contributed by atoms with Crippen molar-refractivity contribution in [3.05, 3.63) is 66.1 Å². The molecule has 50 heavy (non-hydrogen) atoms. The van der Waals surface area contributed by atoms with Crippen LogP contribution in [0.4, 0.5) is 0 Å². The molecule has 5 atom stereocenters. The summed E-state index contributed by atoms with van der Waals surface area (Å²) in [5, 5.41) is 4.39. The van der Waals surface area contributed by atoms with Crippen LogP contribution in [-0.4, -0.2) is 104 Å². The van der Waals surface area contributed by atoms with E-state index in [1.807, 2.05) is 38.1 Å². The molecule has 1 aliphatic carbocycles. The summed E-state index contributed by atoms with van der Waals surface area (Å²) in [5.74, 6) is 2.21. The summed E-state index contributed by atoms with van der Waals surface area (Å²) in [4.78, 5) is 42.9. The molecule has 2 N–H and O–H groups in total. The highest BCUT2D eigenvalue weighted by Crippen LogP contribution is 2.45. The van der Waals surface area contributed by atoms with Gasteiger partial charge < -0.3 is 14.5 Å². The van der Waals surface area contributed by atoms with E-state index in [-0.39, 0.29) is 29.5 Å². The SMILES string of the molecule is CC(C)Oc1ccc(C2NNC3CCC(N4CCC5(CCN(CC(=O)N6CC=C(c7ccc(-c8ncn(C)n8)cc7)CC6)C5)C4=O)CC32)cn1. The lowest BCUT2D eigenvalue weighted by molar-refractivity contribution is -0.139. The molecule has 2 amide bonds. The summed E-state index contributed by atoms with van der Waals surface area (Å²) < 4.78 is 7.46. The number of ether oxygens (including phenoxy) is 1. The number of pyridine rings is 1. The molecule has 1 saturated carbocycles. The van der Waals surface area contributed by atoms with Crippen molar-refractivity contribution in [1.82, 2.24) is 45.3 Å². The van der Waals surface area contributed by atoms with Gasteiger partial charge in [-0.2, -0.15) is 5.10 Å². The predicted molar refractivity (Wildman–Crippen MR) is 189 cm³/mol. The second kappa shape index (κ2) is 13.5. The molecule has 3 aromatic rings. The van der Waals surface area contributed by atoms with E-state index >= 15 is 0 Å². The summed E-state index contributed by atoms with van der Waals surface area (Å²) in [7, 11) is 1.87. The molecule has 2 aromatic heterocycles. The second-order valence-electron chi connectivity index (χ2n) is 15.2. The minimum absolute atomic E-state index is 0.0880. The van der Waals surface area contributed by atoms with Gasteiger partial charge in [-0.1, -0.05) is 36.4 Å². The number of carbonyl (C=O) groups is 2. The van der Waals surface area contributed by atoms with E-state index in [2.05, 4.69) is 72.1 Å². The molecule has 4 fully saturated rings. The normalized spacial score (nSPS) is 28.5. The van der Waals surface area contributed by atoms with Gasteiger partial charge in [-0.25, -0.2) is 15.4 Å². The van der Waals surface area contributed by atoms with Crippen molar-refractivity contribution < 1.29 is 14.3 Å². The first kappa shape index (κ1) is 33.0. The van der Waals surface area contributed by atoms with Gasteiger partial charge in [-0.05, 0) is 81.5 Å². The number of aromatic nitrogens is 4. The highest BCUT2D eigenvalue weighted by Gasteiger charge is 2.53. The number of hydrogen-bond acceptors (Lipinski definition) is 9. The lowest BCUT2D eigenvalue weighted by Crippen LogP contribution is -2.47. The van der Waals surface area contributed by atoms with Gasteiger partial charge in [-0.3, -0.25) is 24.6 Å². The topological polar surface area (TPSA) is 121 Å². The molecule has 8 rings (SSSR count). The Balaban J connectivity index is 0.840. The summed E-state index contributed by atoms with van der Waals surface area (Å²) in [6.45, 7) is 8.01. The van der Waals surface area contributed by atoms with Crippen LogP contribution in [0.15, 0.2) is 55.0 Å². The third-order valence-corrected chi connectivity index (χ3v) is 11.7. The Kier molecular flexibility index (Phi) is 8.94. The van der Waals surface area contributed by atoms with Crippen LogP contribution in [0.5, 0.6) is 5.88 Å². The highest BCUT2D eigenvalue weighted by atomic mass is 16.5. The highest BCUT2D eigenvalue weighted by molar-refractivity contribution is 5.86. The summed E-state index contributed by atoms with van der Waals surface area (Å²) in [6, 6.07) is 13.2. The zero-order valence-electron chi connectivity index (χ0n) is 29.4. The van der Waals surface area contributed by atoms with E-state index in [1.165, 1.54) is 11.1 Å². The van der Waals surface area contributed by atoms with Crippen LogP contribution in [0.25, 0.3) is 17.0 Å². The van der Waals surface area contributed by atoms with Gasteiger partial charge in [0.25, 0.3) is 0 Å². The van der Waals surface area contributed by atoms with E-state index in [4.69, 9.17) is 4.74 Å². The van der Waals surface area contributed by atoms with E-state index in [0.717, 1.165) is 68.6 Å². The average molecular weight is 680 g/mol. The summed E-state index contributed by atoms with van der Waals surface area (Å²) >= 11 is 0. The van der Waals surface area contributed by atoms with E-state index in [0.29, 0.717) is 49.9 Å². The number of nitrogens with one attached hydrogen (secondary N) is 2. The zero-order valence-corrected chi connectivity index (χ0v) is 29.4.